The van der Waals surface area contributed by atoms with Crippen LogP contribution in [-0.4, -0.2) is 37.1 Å². The zero-order valence-electron chi connectivity index (χ0n) is 9.47. The van der Waals surface area contributed by atoms with Gasteiger partial charge in [-0.3, -0.25) is 0 Å². The first kappa shape index (κ1) is 13.1. The average molecular weight is 320 g/mol. The van der Waals surface area contributed by atoms with E-state index in [4.69, 9.17) is 0 Å². The summed E-state index contributed by atoms with van der Waals surface area (Å²) in [6, 6.07) is 1.89. The van der Waals surface area contributed by atoms with Crippen LogP contribution in [0.4, 0.5) is 19.3 Å². The lowest BCUT2D eigenvalue weighted by Gasteiger charge is -2.16. The highest BCUT2D eigenvalue weighted by Gasteiger charge is 2.18. The Hall–Kier alpha value is -1.37. The fraction of sp³-hybridized carbons (Fsp3) is 0.364. The van der Waals surface area contributed by atoms with Gasteiger partial charge in [-0.1, -0.05) is 0 Å². The van der Waals surface area contributed by atoms with Crippen LogP contribution in [0, 0.1) is 11.6 Å². The number of hydrogen-bond donors (Lipinski definition) is 2. The van der Waals surface area contributed by atoms with Crippen molar-refractivity contribution >= 4 is 27.6 Å². The summed E-state index contributed by atoms with van der Waals surface area (Å²) >= 11 is 3.09. The number of nitrogens with zero attached hydrogens (tertiary/aromatic N) is 1. The second kappa shape index (κ2) is 5.51. The van der Waals surface area contributed by atoms with Gasteiger partial charge in [0.15, 0.2) is 0 Å². The van der Waals surface area contributed by atoms with E-state index in [-0.39, 0.29) is 11.7 Å². The van der Waals surface area contributed by atoms with E-state index >= 15 is 0 Å². The molecule has 1 aromatic rings. The third-order valence-corrected chi connectivity index (χ3v) is 3.26. The predicted molar refractivity (Wildman–Crippen MR) is 67.5 cm³/mol. The van der Waals surface area contributed by atoms with Crippen molar-refractivity contribution in [3.63, 3.8) is 0 Å². The Bertz CT molecular complexity index is 447. The van der Waals surface area contributed by atoms with Gasteiger partial charge in [0.2, 0.25) is 0 Å². The van der Waals surface area contributed by atoms with E-state index in [1.807, 2.05) is 0 Å². The predicted octanol–water partition coefficient (Wildman–Crippen LogP) is 2.16. The fourth-order valence-corrected chi connectivity index (χ4v) is 2.30. The molecule has 2 rings (SSSR count). The van der Waals surface area contributed by atoms with Gasteiger partial charge >= 0.3 is 6.03 Å². The third kappa shape index (κ3) is 2.90. The standard InChI is InChI=1S/C11H12BrF2N3O/c12-8-5-7(13)6-9(14)10(8)15-1-3-17-4-2-16-11(17)18/h5-6,15H,1-4H2,(H,16,18). The van der Waals surface area contributed by atoms with E-state index in [0.717, 1.165) is 6.07 Å². The molecule has 1 heterocycles. The van der Waals surface area contributed by atoms with Crippen LogP contribution in [0.25, 0.3) is 0 Å². The van der Waals surface area contributed by atoms with Crippen LogP contribution < -0.4 is 10.6 Å². The normalized spacial score (nSPS) is 14.8. The number of nitrogens with one attached hydrogen (secondary N) is 2. The molecule has 0 bridgehead atoms. The molecule has 7 heteroatoms. The van der Waals surface area contributed by atoms with Gasteiger partial charge in [0.1, 0.15) is 11.6 Å². The second-order valence-corrected chi connectivity index (χ2v) is 4.74. The van der Waals surface area contributed by atoms with Gasteiger partial charge in [0.25, 0.3) is 0 Å². The maximum atomic E-state index is 13.5. The first-order chi connectivity index (χ1) is 8.58. The Morgan fingerprint density at radius 2 is 2.22 bits per heavy atom. The van der Waals surface area contributed by atoms with Crippen LogP contribution in [0.5, 0.6) is 0 Å². The molecule has 0 aromatic heterocycles. The van der Waals surface area contributed by atoms with Crippen molar-refractivity contribution in [1.82, 2.24) is 10.2 Å². The summed E-state index contributed by atoms with van der Waals surface area (Å²) in [4.78, 5) is 12.9. The average Bonchev–Trinajstić information content (AvgIpc) is 2.68. The highest BCUT2D eigenvalue weighted by molar-refractivity contribution is 9.10. The number of benzene rings is 1. The number of carbonyl (C=O) groups is 1. The number of urea groups is 1. The lowest BCUT2D eigenvalue weighted by molar-refractivity contribution is 0.219. The molecule has 1 aromatic carbocycles. The molecular weight excluding hydrogens is 308 g/mol. The van der Waals surface area contributed by atoms with E-state index in [1.165, 1.54) is 6.07 Å². The van der Waals surface area contributed by atoms with Crippen molar-refractivity contribution in [2.45, 2.75) is 0 Å². The van der Waals surface area contributed by atoms with Crippen molar-refractivity contribution in [1.29, 1.82) is 0 Å². The number of hydrogen-bond acceptors (Lipinski definition) is 2. The Kier molecular flexibility index (Phi) is 4.00. The van der Waals surface area contributed by atoms with Gasteiger partial charge in [-0.15, -0.1) is 0 Å². The summed E-state index contributed by atoms with van der Waals surface area (Å²) in [5, 5.41) is 5.52. The summed E-state index contributed by atoms with van der Waals surface area (Å²) < 4.78 is 26.7. The smallest absolute Gasteiger partial charge is 0.317 e. The van der Waals surface area contributed by atoms with Gasteiger partial charge in [0, 0.05) is 36.7 Å². The van der Waals surface area contributed by atoms with Crippen LogP contribution >= 0.6 is 15.9 Å². The second-order valence-electron chi connectivity index (χ2n) is 3.89. The molecular formula is C11H12BrF2N3O. The van der Waals surface area contributed by atoms with E-state index in [9.17, 15) is 13.6 Å². The summed E-state index contributed by atoms with van der Waals surface area (Å²) in [5.74, 6) is -1.29. The van der Waals surface area contributed by atoms with E-state index in [0.29, 0.717) is 30.7 Å². The minimum Gasteiger partial charge on any atom is -0.380 e. The number of anilines is 1. The first-order valence-corrected chi connectivity index (χ1v) is 6.28. The molecule has 98 valence electrons. The molecule has 0 atom stereocenters. The summed E-state index contributed by atoms with van der Waals surface area (Å²) in [6.45, 7) is 2.14. The molecule has 1 saturated heterocycles. The topological polar surface area (TPSA) is 44.4 Å². The minimum atomic E-state index is -0.659. The van der Waals surface area contributed by atoms with Crippen LogP contribution in [0.1, 0.15) is 0 Å². The molecule has 2 amide bonds. The van der Waals surface area contributed by atoms with Crippen LogP contribution in [0.2, 0.25) is 0 Å². The Labute approximate surface area is 111 Å². The summed E-state index contributed by atoms with van der Waals surface area (Å²) in [7, 11) is 0. The molecule has 0 saturated carbocycles. The highest BCUT2D eigenvalue weighted by atomic mass is 79.9. The monoisotopic (exact) mass is 319 g/mol. The van der Waals surface area contributed by atoms with Crippen molar-refractivity contribution in [2.24, 2.45) is 0 Å². The van der Waals surface area contributed by atoms with E-state index < -0.39 is 11.6 Å². The zero-order valence-corrected chi connectivity index (χ0v) is 11.1. The zero-order chi connectivity index (χ0) is 13.1. The lowest BCUT2D eigenvalue weighted by atomic mass is 10.3. The maximum Gasteiger partial charge on any atom is 0.317 e. The Morgan fingerprint density at radius 3 is 2.83 bits per heavy atom. The summed E-state index contributed by atoms with van der Waals surface area (Å²) in [5.41, 5.74) is 0.205. The largest absolute Gasteiger partial charge is 0.380 e. The first-order valence-electron chi connectivity index (χ1n) is 5.49. The highest BCUT2D eigenvalue weighted by Crippen LogP contribution is 2.26. The van der Waals surface area contributed by atoms with Gasteiger partial charge in [0.05, 0.1) is 5.69 Å². The quantitative estimate of drug-likeness (QED) is 0.893. The van der Waals surface area contributed by atoms with E-state index in [1.54, 1.807) is 4.90 Å². The van der Waals surface area contributed by atoms with Crippen molar-refractivity contribution in [3.05, 3.63) is 28.2 Å². The van der Waals surface area contributed by atoms with Gasteiger partial charge in [-0.2, -0.15) is 0 Å². The molecule has 1 aliphatic rings. The fourth-order valence-electron chi connectivity index (χ4n) is 1.75. The molecule has 4 nitrogen and oxygen atoms in total. The molecule has 1 aliphatic heterocycles. The van der Waals surface area contributed by atoms with Gasteiger partial charge < -0.3 is 15.5 Å². The Morgan fingerprint density at radius 1 is 1.44 bits per heavy atom. The molecule has 1 fully saturated rings. The third-order valence-electron chi connectivity index (χ3n) is 2.64. The molecule has 0 radical (unpaired) electrons. The molecule has 0 unspecified atom stereocenters. The van der Waals surface area contributed by atoms with E-state index in [2.05, 4.69) is 26.6 Å². The van der Waals surface area contributed by atoms with Crippen LogP contribution in [0.15, 0.2) is 16.6 Å². The number of carbonyl (C=O) groups excluding carboxylic acids is 1. The van der Waals surface area contributed by atoms with Gasteiger partial charge in [-0.25, -0.2) is 13.6 Å². The maximum absolute atomic E-state index is 13.5. The number of rotatable bonds is 4. The molecule has 0 aliphatic carbocycles. The van der Waals surface area contributed by atoms with Crippen molar-refractivity contribution < 1.29 is 13.6 Å². The Balaban J connectivity index is 1.92. The van der Waals surface area contributed by atoms with Crippen LogP contribution in [0.3, 0.4) is 0 Å². The molecule has 18 heavy (non-hydrogen) atoms. The SMILES string of the molecule is O=C1NCCN1CCNc1c(F)cc(F)cc1Br. The number of amides is 2. The van der Waals surface area contributed by atoms with Crippen LogP contribution in [-0.2, 0) is 0 Å². The lowest BCUT2D eigenvalue weighted by Crippen LogP contribution is -2.32. The number of halogens is 3. The van der Waals surface area contributed by atoms with Gasteiger partial charge in [-0.05, 0) is 22.0 Å². The molecule has 0 spiro atoms. The minimum absolute atomic E-state index is 0.115. The summed E-state index contributed by atoms with van der Waals surface area (Å²) in [6.07, 6.45) is 0. The van der Waals surface area contributed by atoms with Crippen molar-refractivity contribution in [3.8, 4) is 0 Å². The van der Waals surface area contributed by atoms with Crippen molar-refractivity contribution in [2.75, 3.05) is 31.5 Å². The molecule has 2 N–H and O–H groups in total.